The number of ether oxygens (including phenoxy) is 3. The number of halogens is 2. The van der Waals surface area contributed by atoms with Crippen LogP contribution < -0.4 is 14.2 Å². The first-order chi connectivity index (χ1) is 13.9. The predicted octanol–water partition coefficient (Wildman–Crippen LogP) is 5.21. The second kappa shape index (κ2) is 8.72. The zero-order chi connectivity index (χ0) is 21.2. The van der Waals surface area contributed by atoms with E-state index in [0.717, 1.165) is 18.4 Å². The van der Waals surface area contributed by atoms with Gasteiger partial charge in [-0.15, -0.1) is 0 Å². The number of benzene rings is 2. The van der Waals surface area contributed by atoms with E-state index < -0.39 is 0 Å². The van der Waals surface area contributed by atoms with Crippen molar-refractivity contribution in [2.75, 3.05) is 34.4 Å². The summed E-state index contributed by atoms with van der Waals surface area (Å²) in [5, 5.41) is 1.07. The highest BCUT2D eigenvalue weighted by Gasteiger charge is 2.40. The normalized spacial score (nSPS) is 18.6. The molecular formula is C22H25Cl2NO4. The van der Waals surface area contributed by atoms with Gasteiger partial charge in [-0.1, -0.05) is 36.2 Å². The minimum absolute atomic E-state index is 0.0698. The summed E-state index contributed by atoms with van der Waals surface area (Å²) in [7, 11) is 4.61. The van der Waals surface area contributed by atoms with Gasteiger partial charge in [-0.2, -0.15) is 0 Å². The zero-order valence-corrected chi connectivity index (χ0v) is 18.6. The smallest absolute Gasteiger partial charge is 0.254 e. The molecule has 1 aliphatic rings. The van der Waals surface area contributed by atoms with Crippen molar-refractivity contribution in [3.8, 4) is 17.2 Å². The molecule has 1 aliphatic heterocycles. The lowest BCUT2D eigenvalue weighted by Gasteiger charge is -2.29. The van der Waals surface area contributed by atoms with Crippen LogP contribution in [0, 0.1) is 0 Å². The van der Waals surface area contributed by atoms with Crippen molar-refractivity contribution in [2.24, 2.45) is 0 Å². The van der Waals surface area contributed by atoms with Crippen LogP contribution in [0.5, 0.6) is 17.2 Å². The topological polar surface area (TPSA) is 48.0 Å². The molecule has 0 aliphatic carbocycles. The van der Waals surface area contributed by atoms with Gasteiger partial charge in [0, 0.05) is 24.1 Å². The van der Waals surface area contributed by atoms with Gasteiger partial charge in [0.15, 0.2) is 11.5 Å². The number of hydrogen-bond acceptors (Lipinski definition) is 4. The fraction of sp³-hybridized carbons (Fsp3) is 0.409. The van der Waals surface area contributed by atoms with Crippen LogP contribution in [0.2, 0.25) is 10.0 Å². The van der Waals surface area contributed by atoms with Crippen molar-refractivity contribution >= 4 is 29.1 Å². The number of amides is 1. The van der Waals surface area contributed by atoms with Gasteiger partial charge in [0.25, 0.3) is 5.91 Å². The molecular weight excluding hydrogens is 413 g/mol. The van der Waals surface area contributed by atoms with Crippen molar-refractivity contribution in [3.63, 3.8) is 0 Å². The molecule has 1 amide bonds. The molecule has 1 unspecified atom stereocenters. The lowest BCUT2D eigenvalue weighted by Crippen LogP contribution is -2.34. The van der Waals surface area contributed by atoms with Gasteiger partial charge in [0.1, 0.15) is 0 Å². The highest BCUT2D eigenvalue weighted by Crippen LogP contribution is 2.42. The summed E-state index contributed by atoms with van der Waals surface area (Å²) in [5.41, 5.74) is 1.46. The molecule has 0 spiro atoms. The summed E-state index contributed by atoms with van der Waals surface area (Å²) < 4.78 is 16.1. The van der Waals surface area contributed by atoms with Gasteiger partial charge in [0.05, 0.1) is 31.4 Å². The molecule has 7 heteroatoms. The average molecular weight is 438 g/mol. The van der Waals surface area contributed by atoms with Crippen LogP contribution >= 0.6 is 23.2 Å². The van der Waals surface area contributed by atoms with Gasteiger partial charge >= 0.3 is 0 Å². The van der Waals surface area contributed by atoms with Crippen LogP contribution in [-0.2, 0) is 5.41 Å². The van der Waals surface area contributed by atoms with E-state index in [-0.39, 0.29) is 11.3 Å². The van der Waals surface area contributed by atoms with E-state index in [1.54, 1.807) is 12.1 Å². The third-order valence-corrected chi connectivity index (χ3v) is 6.50. The minimum atomic E-state index is -0.148. The van der Waals surface area contributed by atoms with E-state index >= 15 is 0 Å². The maximum Gasteiger partial charge on any atom is 0.254 e. The van der Waals surface area contributed by atoms with E-state index in [4.69, 9.17) is 37.4 Å². The van der Waals surface area contributed by atoms with E-state index in [1.807, 2.05) is 23.1 Å². The summed E-state index contributed by atoms with van der Waals surface area (Å²) >= 11 is 12.3. The summed E-state index contributed by atoms with van der Waals surface area (Å²) in [5.74, 6) is 1.31. The Kier molecular flexibility index (Phi) is 6.49. The summed E-state index contributed by atoms with van der Waals surface area (Å²) in [6, 6.07) is 9.12. The molecule has 0 bridgehead atoms. The Labute approximate surface area is 181 Å². The molecule has 0 aromatic heterocycles. The fourth-order valence-corrected chi connectivity index (χ4v) is 4.29. The monoisotopic (exact) mass is 437 g/mol. The number of carbonyl (C=O) groups is 1. The van der Waals surface area contributed by atoms with Crippen LogP contribution in [0.1, 0.15) is 35.7 Å². The lowest BCUT2D eigenvalue weighted by molar-refractivity contribution is 0.0782. The molecule has 1 fully saturated rings. The maximum absolute atomic E-state index is 13.3. The fourth-order valence-electron chi connectivity index (χ4n) is 3.99. The number of carbonyl (C=O) groups excluding carboxylic acids is 1. The number of hydrogen-bond donors (Lipinski definition) is 0. The summed E-state index contributed by atoms with van der Waals surface area (Å²) in [6.07, 6.45) is 1.75. The molecule has 5 nitrogen and oxygen atoms in total. The molecule has 0 N–H and O–H groups in total. The van der Waals surface area contributed by atoms with Gasteiger partial charge in [-0.05, 0) is 42.7 Å². The summed E-state index contributed by atoms with van der Waals surface area (Å²) in [6.45, 7) is 3.40. The Morgan fingerprint density at radius 1 is 1.03 bits per heavy atom. The molecule has 2 aromatic carbocycles. The number of methoxy groups -OCH3 is 3. The molecule has 3 rings (SSSR count). The number of likely N-dealkylation sites (tertiary alicyclic amines) is 1. The van der Waals surface area contributed by atoms with E-state index in [1.165, 1.54) is 21.3 Å². The van der Waals surface area contributed by atoms with Crippen molar-refractivity contribution in [1.29, 1.82) is 0 Å². The third-order valence-electron chi connectivity index (χ3n) is 5.76. The van der Waals surface area contributed by atoms with Crippen LogP contribution in [0.15, 0.2) is 30.3 Å². The first-order valence-electron chi connectivity index (χ1n) is 9.44. The molecule has 156 valence electrons. The van der Waals surface area contributed by atoms with Gasteiger partial charge < -0.3 is 19.1 Å². The average Bonchev–Trinajstić information content (AvgIpc) is 3.19. The highest BCUT2D eigenvalue weighted by molar-refractivity contribution is 6.42. The second-order valence-corrected chi connectivity index (χ2v) is 7.97. The van der Waals surface area contributed by atoms with E-state index in [2.05, 4.69) is 6.92 Å². The van der Waals surface area contributed by atoms with Gasteiger partial charge in [-0.25, -0.2) is 0 Å². The first-order valence-corrected chi connectivity index (χ1v) is 10.2. The van der Waals surface area contributed by atoms with Gasteiger partial charge in [-0.3, -0.25) is 4.79 Å². The highest BCUT2D eigenvalue weighted by atomic mass is 35.5. The Bertz CT molecular complexity index is 893. The van der Waals surface area contributed by atoms with Gasteiger partial charge in [0.2, 0.25) is 5.75 Å². The van der Waals surface area contributed by atoms with Crippen molar-refractivity contribution < 1.29 is 19.0 Å². The number of rotatable bonds is 6. The molecule has 1 atom stereocenters. The molecule has 0 radical (unpaired) electrons. The van der Waals surface area contributed by atoms with Crippen LogP contribution in [0.25, 0.3) is 0 Å². The quantitative estimate of drug-likeness (QED) is 0.621. The second-order valence-electron chi connectivity index (χ2n) is 7.15. The predicted molar refractivity (Wildman–Crippen MR) is 115 cm³/mol. The Balaban J connectivity index is 1.91. The largest absolute Gasteiger partial charge is 0.493 e. The molecule has 1 heterocycles. The molecule has 29 heavy (non-hydrogen) atoms. The standard InChI is InChI=1S/C22H25Cl2NO4/c1-5-22(15-6-7-16(23)17(24)12-15)8-9-25(13-22)21(26)14-10-18(27-2)20(29-4)19(11-14)28-3/h6-7,10-12H,5,8-9,13H2,1-4H3. The SMILES string of the molecule is CCC1(c2ccc(Cl)c(Cl)c2)CCN(C(=O)c2cc(OC)c(OC)c(OC)c2)C1. The summed E-state index contributed by atoms with van der Waals surface area (Å²) in [4.78, 5) is 15.1. The number of nitrogens with zero attached hydrogens (tertiary/aromatic N) is 1. The Hall–Kier alpha value is -2.11. The van der Waals surface area contributed by atoms with Crippen LogP contribution in [0.3, 0.4) is 0 Å². The Morgan fingerprint density at radius 2 is 1.69 bits per heavy atom. The maximum atomic E-state index is 13.3. The van der Waals surface area contributed by atoms with Crippen molar-refractivity contribution in [3.05, 3.63) is 51.5 Å². The molecule has 2 aromatic rings. The minimum Gasteiger partial charge on any atom is -0.493 e. The lowest BCUT2D eigenvalue weighted by atomic mass is 9.77. The van der Waals surface area contributed by atoms with Crippen molar-refractivity contribution in [1.82, 2.24) is 4.90 Å². The first kappa shape index (κ1) is 21.6. The Morgan fingerprint density at radius 3 is 2.21 bits per heavy atom. The van der Waals surface area contributed by atoms with Crippen LogP contribution in [-0.4, -0.2) is 45.2 Å². The van der Waals surface area contributed by atoms with Crippen LogP contribution in [0.4, 0.5) is 0 Å². The van der Waals surface area contributed by atoms with E-state index in [0.29, 0.717) is 45.9 Å². The van der Waals surface area contributed by atoms with Crippen molar-refractivity contribution in [2.45, 2.75) is 25.2 Å². The molecule has 0 saturated carbocycles. The third kappa shape index (κ3) is 3.99. The zero-order valence-electron chi connectivity index (χ0n) is 17.1. The van der Waals surface area contributed by atoms with E-state index in [9.17, 15) is 4.79 Å². The molecule has 1 saturated heterocycles.